The van der Waals surface area contributed by atoms with Gasteiger partial charge in [-0.05, 0) is 31.3 Å². The maximum Gasteiger partial charge on any atom is 0.0493 e. The smallest absolute Gasteiger partial charge is 0.0493 e. The SMILES string of the molecule is CCNCC1CC1(CO)C(C)C. The van der Waals surface area contributed by atoms with Crippen LogP contribution in [0.3, 0.4) is 0 Å². The van der Waals surface area contributed by atoms with Crippen molar-refractivity contribution < 1.29 is 5.11 Å². The first-order chi connectivity index (χ1) is 5.67. The van der Waals surface area contributed by atoms with Gasteiger partial charge in [0.15, 0.2) is 0 Å². The van der Waals surface area contributed by atoms with Gasteiger partial charge in [0.25, 0.3) is 0 Å². The molecule has 1 fully saturated rings. The maximum absolute atomic E-state index is 9.27. The Hall–Kier alpha value is -0.0800. The Morgan fingerprint density at radius 2 is 2.25 bits per heavy atom. The molecule has 0 aromatic rings. The van der Waals surface area contributed by atoms with Crippen LogP contribution in [0, 0.1) is 17.3 Å². The van der Waals surface area contributed by atoms with Crippen molar-refractivity contribution in [3.8, 4) is 0 Å². The minimum Gasteiger partial charge on any atom is -0.396 e. The number of nitrogens with one attached hydrogen (secondary N) is 1. The molecule has 2 N–H and O–H groups in total. The zero-order valence-electron chi connectivity index (χ0n) is 8.43. The lowest BCUT2D eigenvalue weighted by Gasteiger charge is -2.18. The molecule has 12 heavy (non-hydrogen) atoms. The number of rotatable bonds is 5. The molecule has 0 spiro atoms. The van der Waals surface area contributed by atoms with Crippen molar-refractivity contribution in [2.45, 2.75) is 27.2 Å². The largest absolute Gasteiger partial charge is 0.396 e. The Bertz CT molecular complexity index is 147. The van der Waals surface area contributed by atoms with Crippen LogP contribution in [0.15, 0.2) is 0 Å². The highest BCUT2D eigenvalue weighted by molar-refractivity contribution is 5.04. The minimum absolute atomic E-state index is 0.252. The summed E-state index contributed by atoms with van der Waals surface area (Å²) < 4.78 is 0. The molecule has 2 atom stereocenters. The second-order valence-corrected chi connectivity index (χ2v) is 4.25. The van der Waals surface area contributed by atoms with Crippen molar-refractivity contribution >= 4 is 0 Å². The fourth-order valence-corrected chi connectivity index (χ4v) is 2.08. The summed E-state index contributed by atoms with van der Waals surface area (Å²) in [6.45, 7) is 9.02. The molecule has 1 aliphatic carbocycles. The molecule has 0 amide bonds. The summed E-state index contributed by atoms with van der Waals surface area (Å²) in [7, 11) is 0. The van der Waals surface area contributed by atoms with Crippen molar-refractivity contribution in [3.05, 3.63) is 0 Å². The molecule has 0 aliphatic heterocycles. The Labute approximate surface area is 75.4 Å². The van der Waals surface area contributed by atoms with E-state index in [1.165, 1.54) is 6.42 Å². The third kappa shape index (κ3) is 1.64. The van der Waals surface area contributed by atoms with Gasteiger partial charge in [0.05, 0.1) is 0 Å². The Morgan fingerprint density at radius 1 is 1.58 bits per heavy atom. The van der Waals surface area contributed by atoms with E-state index in [0.717, 1.165) is 13.1 Å². The van der Waals surface area contributed by atoms with E-state index >= 15 is 0 Å². The molecule has 0 radical (unpaired) electrons. The summed E-state index contributed by atoms with van der Waals surface area (Å²) >= 11 is 0. The van der Waals surface area contributed by atoms with Crippen LogP contribution in [-0.4, -0.2) is 24.8 Å². The maximum atomic E-state index is 9.27. The molecule has 1 saturated carbocycles. The molecule has 2 unspecified atom stereocenters. The first kappa shape index (κ1) is 10.0. The van der Waals surface area contributed by atoms with Crippen LogP contribution in [0.2, 0.25) is 0 Å². The summed E-state index contributed by atoms with van der Waals surface area (Å²) in [5.74, 6) is 1.33. The molecular weight excluding hydrogens is 150 g/mol. The second kappa shape index (κ2) is 3.75. The predicted octanol–water partition coefficient (Wildman–Crippen LogP) is 1.25. The molecule has 2 nitrogen and oxygen atoms in total. The van der Waals surface area contributed by atoms with E-state index in [4.69, 9.17) is 0 Å². The van der Waals surface area contributed by atoms with Gasteiger partial charge in [-0.25, -0.2) is 0 Å². The number of aliphatic hydroxyl groups is 1. The second-order valence-electron chi connectivity index (χ2n) is 4.25. The van der Waals surface area contributed by atoms with Gasteiger partial charge in [0.2, 0.25) is 0 Å². The number of hydrogen-bond acceptors (Lipinski definition) is 2. The predicted molar refractivity (Wildman–Crippen MR) is 51.0 cm³/mol. The third-order valence-corrected chi connectivity index (χ3v) is 3.36. The van der Waals surface area contributed by atoms with Crippen LogP contribution in [0.25, 0.3) is 0 Å². The number of hydrogen-bond donors (Lipinski definition) is 2. The highest BCUT2D eigenvalue weighted by atomic mass is 16.3. The van der Waals surface area contributed by atoms with Crippen molar-refractivity contribution in [2.24, 2.45) is 17.3 Å². The van der Waals surface area contributed by atoms with E-state index < -0.39 is 0 Å². The molecule has 0 saturated heterocycles. The quantitative estimate of drug-likeness (QED) is 0.652. The Balaban J connectivity index is 2.34. The van der Waals surface area contributed by atoms with E-state index in [1.54, 1.807) is 0 Å². The lowest BCUT2D eigenvalue weighted by molar-refractivity contribution is 0.155. The topological polar surface area (TPSA) is 32.3 Å². The fraction of sp³-hybridized carbons (Fsp3) is 1.00. The van der Waals surface area contributed by atoms with E-state index in [2.05, 4.69) is 26.1 Å². The van der Waals surface area contributed by atoms with Gasteiger partial charge in [-0.2, -0.15) is 0 Å². The van der Waals surface area contributed by atoms with E-state index in [-0.39, 0.29) is 5.41 Å². The van der Waals surface area contributed by atoms with Gasteiger partial charge in [0.1, 0.15) is 0 Å². The van der Waals surface area contributed by atoms with Crippen LogP contribution in [0.4, 0.5) is 0 Å². The molecule has 0 aromatic carbocycles. The zero-order valence-corrected chi connectivity index (χ0v) is 8.43. The van der Waals surface area contributed by atoms with Crippen LogP contribution in [0.5, 0.6) is 0 Å². The van der Waals surface area contributed by atoms with Gasteiger partial charge < -0.3 is 10.4 Å². The zero-order chi connectivity index (χ0) is 9.19. The van der Waals surface area contributed by atoms with Crippen LogP contribution < -0.4 is 5.32 Å². The van der Waals surface area contributed by atoms with Gasteiger partial charge in [-0.15, -0.1) is 0 Å². The van der Waals surface area contributed by atoms with Crippen LogP contribution >= 0.6 is 0 Å². The lowest BCUT2D eigenvalue weighted by Crippen LogP contribution is -2.24. The van der Waals surface area contributed by atoms with Crippen molar-refractivity contribution in [3.63, 3.8) is 0 Å². The van der Waals surface area contributed by atoms with Gasteiger partial charge >= 0.3 is 0 Å². The Morgan fingerprint density at radius 3 is 2.58 bits per heavy atom. The van der Waals surface area contributed by atoms with Crippen molar-refractivity contribution in [1.82, 2.24) is 5.32 Å². The molecule has 0 aromatic heterocycles. The average molecular weight is 171 g/mol. The summed E-state index contributed by atoms with van der Waals surface area (Å²) in [5, 5.41) is 12.6. The van der Waals surface area contributed by atoms with E-state index in [1.807, 2.05) is 0 Å². The summed E-state index contributed by atoms with van der Waals surface area (Å²) in [6, 6.07) is 0. The third-order valence-electron chi connectivity index (χ3n) is 3.36. The number of aliphatic hydroxyl groups excluding tert-OH is 1. The molecule has 1 rings (SSSR count). The molecule has 0 bridgehead atoms. The normalized spacial score (nSPS) is 34.2. The molecule has 1 aliphatic rings. The van der Waals surface area contributed by atoms with Gasteiger partial charge in [-0.3, -0.25) is 0 Å². The standard InChI is InChI=1S/C10H21NO/c1-4-11-6-9-5-10(9,7-12)8(2)3/h8-9,11-12H,4-7H2,1-3H3. The highest BCUT2D eigenvalue weighted by Crippen LogP contribution is 2.56. The average Bonchev–Trinajstić information content (AvgIpc) is 2.76. The van der Waals surface area contributed by atoms with Crippen LogP contribution in [0.1, 0.15) is 27.2 Å². The van der Waals surface area contributed by atoms with E-state index in [9.17, 15) is 5.11 Å². The Kier molecular flexibility index (Phi) is 3.13. The van der Waals surface area contributed by atoms with Gasteiger partial charge in [-0.1, -0.05) is 20.8 Å². The minimum atomic E-state index is 0.252. The fourth-order valence-electron chi connectivity index (χ4n) is 2.08. The summed E-state index contributed by atoms with van der Waals surface area (Å²) in [4.78, 5) is 0. The molecular formula is C10H21NO. The van der Waals surface area contributed by atoms with Crippen molar-refractivity contribution in [2.75, 3.05) is 19.7 Å². The monoisotopic (exact) mass is 171 g/mol. The lowest BCUT2D eigenvalue weighted by atomic mass is 9.90. The molecule has 2 heteroatoms. The first-order valence-electron chi connectivity index (χ1n) is 4.99. The van der Waals surface area contributed by atoms with Gasteiger partial charge in [0, 0.05) is 12.0 Å². The highest BCUT2D eigenvalue weighted by Gasteiger charge is 2.54. The van der Waals surface area contributed by atoms with E-state index in [0.29, 0.717) is 18.4 Å². The van der Waals surface area contributed by atoms with Crippen LogP contribution in [-0.2, 0) is 0 Å². The molecule has 72 valence electrons. The summed E-state index contributed by atoms with van der Waals surface area (Å²) in [5.41, 5.74) is 0.252. The summed E-state index contributed by atoms with van der Waals surface area (Å²) in [6.07, 6.45) is 1.20. The van der Waals surface area contributed by atoms with Crippen molar-refractivity contribution in [1.29, 1.82) is 0 Å². The molecule has 0 heterocycles. The first-order valence-corrected chi connectivity index (χ1v) is 4.99.